The van der Waals surface area contributed by atoms with Gasteiger partial charge in [0.1, 0.15) is 5.82 Å². The Labute approximate surface area is 104 Å². The Morgan fingerprint density at radius 3 is 2.00 bits per heavy atom. The van der Waals surface area contributed by atoms with Gasteiger partial charge in [0, 0.05) is 5.02 Å². The van der Waals surface area contributed by atoms with E-state index in [0.29, 0.717) is 5.02 Å². The zero-order valence-corrected chi connectivity index (χ0v) is 10.1. The van der Waals surface area contributed by atoms with E-state index >= 15 is 0 Å². The fraction of sp³-hybridized carbons (Fsp3) is 0.0769. The van der Waals surface area contributed by atoms with Gasteiger partial charge in [0.05, 0.1) is 5.02 Å². The third-order valence-corrected chi connectivity index (χ3v) is 3.12. The Morgan fingerprint density at radius 1 is 0.875 bits per heavy atom. The van der Waals surface area contributed by atoms with Crippen LogP contribution in [0.4, 0.5) is 4.39 Å². The smallest absolute Gasteiger partial charge is 0.141 e. The van der Waals surface area contributed by atoms with Gasteiger partial charge < -0.3 is 0 Å². The molecule has 3 heteroatoms. The van der Waals surface area contributed by atoms with Gasteiger partial charge in [-0.3, -0.25) is 0 Å². The topological polar surface area (TPSA) is 0 Å². The summed E-state index contributed by atoms with van der Waals surface area (Å²) < 4.78 is 13.0. The summed E-state index contributed by atoms with van der Waals surface area (Å²) in [5.74, 6) is -0.413. The van der Waals surface area contributed by atoms with Crippen molar-refractivity contribution >= 4 is 23.2 Å². The molecule has 0 spiro atoms. The van der Waals surface area contributed by atoms with Crippen molar-refractivity contribution in [1.82, 2.24) is 0 Å². The third-order valence-electron chi connectivity index (χ3n) is 2.42. The molecule has 0 saturated carbocycles. The Hall–Kier alpha value is -1.05. The largest absolute Gasteiger partial charge is 0.205 e. The Balaban J connectivity index is 2.50. The minimum absolute atomic E-state index is 0.120. The second kappa shape index (κ2) is 4.44. The molecule has 0 aliphatic rings. The summed E-state index contributed by atoms with van der Waals surface area (Å²) in [5.41, 5.74) is 2.80. The van der Waals surface area contributed by atoms with Crippen LogP contribution in [0.25, 0.3) is 11.1 Å². The van der Waals surface area contributed by atoms with Crippen molar-refractivity contribution in [2.24, 2.45) is 0 Å². The predicted molar refractivity (Wildman–Crippen MR) is 66.6 cm³/mol. The minimum Gasteiger partial charge on any atom is -0.205 e. The lowest BCUT2D eigenvalue weighted by Gasteiger charge is -2.05. The molecule has 0 saturated heterocycles. The van der Waals surface area contributed by atoms with Gasteiger partial charge in [-0.1, -0.05) is 41.4 Å². The highest BCUT2D eigenvalue weighted by molar-refractivity contribution is 6.32. The zero-order chi connectivity index (χ0) is 11.7. The molecule has 2 aromatic carbocycles. The van der Waals surface area contributed by atoms with E-state index in [9.17, 15) is 4.39 Å². The summed E-state index contributed by atoms with van der Waals surface area (Å²) in [6, 6.07) is 10.3. The van der Waals surface area contributed by atoms with Gasteiger partial charge in [0.25, 0.3) is 0 Å². The van der Waals surface area contributed by atoms with Crippen LogP contribution in [0, 0.1) is 12.7 Å². The molecule has 0 heterocycles. The van der Waals surface area contributed by atoms with Crippen molar-refractivity contribution < 1.29 is 4.39 Å². The van der Waals surface area contributed by atoms with Gasteiger partial charge >= 0.3 is 0 Å². The second-order valence-corrected chi connectivity index (χ2v) is 4.41. The molecule has 0 radical (unpaired) electrons. The number of halogens is 3. The summed E-state index contributed by atoms with van der Waals surface area (Å²) in [6.45, 7) is 1.93. The van der Waals surface area contributed by atoms with Crippen LogP contribution in [-0.2, 0) is 0 Å². The summed E-state index contributed by atoms with van der Waals surface area (Å²) in [4.78, 5) is 0. The first-order valence-corrected chi connectivity index (χ1v) is 5.55. The van der Waals surface area contributed by atoms with Crippen LogP contribution < -0.4 is 0 Å². The fourth-order valence-electron chi connectivity index (χ4n) is 1.45. The minimum atomic E-state index is -0.413. The summed E-state index contributed by atoms with van der Waals surface area (Å²) >= 11 is 11.8. The van der Waals surface area contributed by atoms with Crippen LogP contribution >= 0.6 is 23.2 Å². The molecule has 0 unspecified atom stereocenters. The number of aryl methyl sites for hydroxylation is 1. The molecule has 0 amide bonds. The molecule has 0 nitrogen and oxygen atoms in total. The van der Waals surface area contributed by atoms with Gasteiger partial charge in [0.2, 0.25) is 0 Å². The van der Waals surface area contributed by atoms with E-state index in [4.69, 9.17) is 23.2 Å². The normalized spacial score (nSPS) is 10.5. The molecular formula is C13H9Cl2F. The molecule has 0 aliphatic heterocycles. The van der Waals surface area contributed by atoms with Crippen molar-refractivity contribution in [2.45, 2.75) is 6.92 Å². The fourth-order valence-corrected chi connectivity index (χ4v) is 1.81. The van der Waals surface area contributed by atoms with Gasteiger partial charge in [-0.15, -0.1) is 0 Å². The third kappa shape index (κ3) is 2.21. The number of rotatable bonds is 1. The Kier molecular flexibility index (Phi) is 3.17. The highest BCUT2D eigenvalue weighted by atomic mass is 35.5. The Bertz CT molecular complexity index is 486. The van der Waals surface area contributed by atoms with Gasteiger partial charge in [-0.05, 0) is 41.8 Å². The molecule has 0 aliphatic carbocycles. The molecule has 16 heavy (non-hydrogen) atoms. The highest BCUT2D eigenvalue weighted by Crippen LogP contribution is 2.28. The van der Waals surface area contributed by atoms with E-state index in [-0.39, 0.29) is 5.02 Å². The van der Waals surface area contributed by atoms with Crippen LogP contribution in [0.15, 0.2) is 36.4 Å². The number of benzene rings is 2. The highest BCUT2D eigenvalue weighted by Gasteiger charge is 2.04. The van der Waals surface area contributed by atoms with Crippen molar-refractivity contribution in [1.29, 1.82) is 0 Å². The summed E-state index contributed by atoms with van der Waals surface area (Å²) in [6.07, 6.45) is 0. The van der Waals surface area contributed by atoms with Crippen molar-refractivity contribution in [3.63, 3.8) is 0 Å². The molecule has 0 aromatic heterocycles. The second-order valence-electron chi connectivity index (χ2n) is 3.59. The monoisotopic (exact) mass is 254 g/mol. The van der Waals surface area contributed by atoms with Gasteiger partial charge in [-0.2, -0.15) is 0 Å². The lowest BCUT2D eigenvalue weighted by Crippen LogP contribution is -1.82. The summed E-state index contributed by atoms with van der Waals surface area (Å²) in [7, 11) is 0. The van der Waals surface area contributed by atoms with Crippen molar-refractivity contribution in [3.05, 3.63) is 57.8 Å². The quantitative estimate of drug-likeness (QED) is 0.664. The first-order chi connectivity index (χ1) is 7.58. The van der Waals surface area contributed by atoms with E-state index in [1.165, 1.54) is 6.07 Å². The van der Waals surface area contributed by atoms with E-state index in [2.05, 4.69) is 0 Å². The van der Waals surface area contributed by atoms with Gasteiger partial charge in [0.15, 0.2) is 0 Å². The first-order valence-electron chi connectivity index (χ1n) is 4.79. The van der Waals surface area contributed by atoms with E-state index in [1.807, 2.05) is 25.1 Å². The lowest BCUT2D eigenvalue weighted by molar-refractivity contribution is 0.628. The molecular weight excluding hydrogens is 246 g/mol. The maximum atomic E-state index is 13.0. The molecule has 0 atom stereocenters. The summed E-state index contributed by atoms with van der Waals surface area (Å²) in [5, 5.41) is 0.812. The molecule has 0 N–H and O–H groups in total. The molecule has 2 rings (SSSR count). The van der Waals surface area contributed by atoms with Crippen molar-refractivity contribution in [2.75, 3.05) is 0 Å². The average Bonchev–Trinajstić information content (AvgIpc) is 2.26. The average molecular weight is 255 g/mol. The van der Waals surface area contributed by atoms with Crippen LogP contribution in [0.3, 0.4) is 0 Å². The maximum absolute atomic E-state index is 13.0. The SMILES string of the molecule is Cc1ccc(-c2ccc(F)c(Cl)c2)cc1Cl. The Morgan fingerprint density at radius 2 is 1.44 bits per heavy atom. The van der Waals surface area contributed by atoms with E-state index < -0.39 is 5.82 Å². The predicted octanol–water partition coefficient (Wildman–Crippen LogP) is 5.11. The molecule has 0 bridgehead atoms. The number of hydrogen-bond acceptors (Lipinski definition) is 0. The van der Waals surface area contributed by atoms with E-state index in [0.717, 1.165) is 16.7 Å². The van der Waals surface area contributed by atoms with E-state index in [1.54, 1.807) is 12.1 Å². The lowest BCUT2D eigenvalue weighted by atomic mass is 10.0. The van der Waals surface area contributed by atoms with Crippen LogP contribution in [-0.4, -0.2) is 0 Å². The maximum Gasteiger partial charge on any atom is 0.141 e. The molecule has 2 aromatic rings. The van der Waals surface area contributed by atoms with Crippen LogP contribution in [0.5, 0.6) is 0 Å². The van der Waals surface area contributed by atoms with Crippen molar-refractivity contribution in [3.8, 4) is 11.1 Å². The van der Waals surface area contributed by atoms with Crippen LogP contribution in [0.2, 0.25) is 10.0 Å². The number of hydrogen-bond donors (Lipinski definition) is 0. The molecule has 0 fully saturated rings. The molecule has 82 valence electrons. The van der Waals surface area contributed by atoms with Gasteiger partial charge in [-0.25, -0.2) is 4.39 Å². The van der Waals surface area contributed by atoms with Crippen LogP contribution in [0.1, 0.15) is 5.56 Å². The zero-order valence-electron chi connectivity index (χ0n) is 8.60. The first kappa shape index (κ1) is 11.4. The standard InChI is InChI=1S/C13H9Cl2F/c1-8-2-3-9(6-11(8)14)10-4-5-13(16)12(15)7-10/h2-7H,1H3.